The van der Waals surface area contributed by atoms with Gasteiger partial charge < -0.3 is 9.97 Å². The minimum absolute atomic E-state index is 0.0210. The van der Waals surface area contributed by atoms with Crippen molar-refractivity contribution in [3.05, 3.63) is 131 Å². The Bertz CT molecular complexity index is 1940. The molecule has 2 N–H and O–H groups in total. The van der Waals surface area contributed by atoms with Crippen molar-refractivity contribution in [2.75, 3.05) is 0 Å². The van der Waals surface area contributed by atoms with Crippen molar-refractivity contribution in [1.82, 2.24) is 19.1 Å². The van der Waals surface area contributed by atoms with Crippen LogP contribution >= 0.6 is 11.6 Å². The standard InChI is InChI=1S/C25H14ClF3N4O4/c26-17-10-31-22(35)9-16(17)13-1-2-15-20(7-13)32(11-12-5-18(27)23(29)19(28)6-12)25(37)33(24(15)36)14-3-4-30-21(34)8-14/h1-10H,11H2,(H,30,34)(H,31,35). The molecule has 0 spiro atoms. The maximum atomic E-state index is 13.9. The number of aromatic amines is 2. The van der Waals surface area contributed by atoms with Crippen LogP contribution in [0.1, 0.15) is 5.56 Å². The largest absolute Gasteiger partial charge is 0.336 e. The number of fused-ring (bicyclic) bond motifs is 1. The molecule has 12 heteroatoms. The molecular formula is C25H14ClF3N4O4. The Hall–Kier alpha value is -4.64. The summed E-state index contributed by atoms with van der Waals surface area (Å²) >= 11 is 6.23. The minimum atomic E-state index is -1.67. The van der Waals surface area contributed by atoms with E-state index >= 15 is 0 Å². The van der Waals surface area contributed by atoms with Crippen LogP contribution in [0.25, 0.3) is 27.7 Å². The second-order valence-electron chi connectivity index (χ2n) is 8.08. The lowest BCUT2D eigenvalue weighted by molar-refractivity contribution is 0.444. The number of rotatable bonds is 4. The average Bonchev–Trinajstić information content (AvgIpc) is 2.86. The molecule has 37 heavy (non-hydrogen) atoms. The van der Waals surface area contributed by atoms with E-state index in [4.69, 9.17) is 11.6 Å². The van der Waals surface area contributed by atoms with Crippen LogP contribution < -0.4 is 22.4 Å². The molecule has 0 fully saturated rings. The molecule has 0 radical (unpaired) electrons. The highest BCUT2D eigenvalue weighted by molar-refractivity contribution is 6.33. The summed E-state index contributed by atoms with van der Waals surface area (Å²) in [4.78, 5) is 55.5. The van der Waals surface area contributed by atoms with Crippen LogP contribution in [-0.2, 0) is 6.54 Å². The maximum absolute atomic E-state index is 13.9. The summed E-state index contributed by atoms with van der Waals surface area (Å²) in [5.74, 6) is -4.57. The molecule has 8 nitrogen and oxygen atoms in total. The molecule has 0 aliphatic heterocycles. The van der Waals surface area contributed by atoms with E-state index in [1.54, 1.807) is 0 Å². The number of hydrogen-bond donors (Lipinski definition) is 2. The first-order valence-corrected chi connectivity index (χ1v) is 11.0. The third kappa shape index (κ3) is 4.29. The number of benzene rings is 2. The lowest BCUT2D eigenvalue weighted by Gasteiger charge is -2.16. The van der Waals surface area contributed by atoms with Gasteiger partial charge in [0.15, 0.2) is 17.5 Å². The average molecular weight is 527 g/mol. The van der Waals surface area contributed by atoms with Crippen molar-refractivity contribution in [3.63, 3.8) is 0 Å². The Labute approximate surface area is 208 Å². The van der Waals surface area contributed by atoms with E-state index in [2.05, 4.69) is 9.97 Å². The highest BCUT2D eigenvalue weighted by Crippen LogP contribution is 2.28. The number of hydrogen-bond acceptors (Lipinski definition) is 4. The van der Waals surface area contributed by atoms with E-state index in [1.807, 2.05) is 0 Å². The Balaban J connectivity index is 1.85. The minimum Gasteiger partial charge on any atom is -0.329 e. The summed E-state index contributed by atoms with van der Waals surface area (Å²) in [6.45, 7) is -0.459. The zero-order chi connectivity index (χ0) is 26.4. The molecular weight excluding hydrogens is 513 g/mol. The summed E-state index contributed by atoms with van der Waals surface area (Å²) in [5, 5.41) is 0.208. The number of halogens is 4. The van der Waals surface area contributed by atoms with E-state index in [-0.39, 0.29) is 27.2 Å². The number of nitrogens with zero attached hydrogens (tertiary/aromatic N) is 2. The van der Waals surface area contributed by atoms with Gasteiger partial charge in [0.1, 0.15) is 0 Å². The van der Waals surface area contributed by atoms with Gasteiger partial charge in [-0.05, 0) is 41.5 Å². The van der Waals surface area contributed by atoms with Crippen molar-refractivity contribution in [3.8, 4) is 16.8 Å². The summed E-state index contributed by atoms with van der Waals surface area (Å²) in [6.07, 6.45) is 2.53. The van der Waals surface area contributed by atoms with Crippen molar-refractivity contribution >= 4 is 22.5 Å². The molecule has 0 aliphatic carbocycles. The SMILES string of the molecule is O=c1cc(-n2c(=O)c3ccc(-c4cc(=O)[nH]cc4Cl)cc3n(Cc3cc(F)c(F)c(F)c3)c2=O)cc[nH]1. The molecule has 0 bridgehead atoms. The lowest BCUT2D eigenvalue weighted by atomic mass is 10.0. The highest BCUT2D eigenvalue weighted by atomic mass is 35.5. The first-order valence-electron chi connectivity index (χ1n) is 10.6. The summed E-state index contributed by atoms with van der Waals surface area (Å²) in [7, 11) is 0. The van der Waals surface area contributed by atoms with Crippen LogP contribution in [0.2, 0.25) is 5.02 Å². The molecule has 0 saturated carbocycles. The van der Waals surface area contributed by atoms with Gasteiger partial charge in [-0.25, -0.2) is 22.5 Å². The molecule has 186 valence electrons. The number of pyridine rings is 2. The number of H-pyrrole nitrogens is 2. The maximum Gasteiger partial charge on any atom is 0.336 e. The second kappa shape index (κ2) is 9.10. The molecule has 3 aromatic heterocycles. The van der Waals surface area contributed by atoms with Gasteiger partial charge in [0.2, 0.25) is 11.1 Å². The quantitative estimate of drug-likeness (QED) is 0.350. The molecule has 0 unspecified atom stereocenters. The molecule has 0 aliphatic rings. The topological polar surface area (TPSA) is 110 Å². The van der Waals surface area contributed by atoms with Gasteiger partial charge in [0.25, 0.3) is 5.56 Å². The van der Waals surface area contributed by atoms with E-state index in [1.165, 1.54) is 42.7 Å². The van der Waals surface area contributed by atoms with Gasteiger partial charge in [-0.1, -0.05) is 17.7 Å². The van der Waals surface area contributed by atoms with Crippen LogP contribution in [0.15, 0.2) is 80.1 Å². The highest BCUT2D eigenvalue weighted by Gasteiger charge is 2.18. The van der Waals surface area contributed by atoms with Crippen molar-refractivity contribution < 1.29 is 13.2 Å². The molecule has 0 amide bonds. The first-order chi connectivity index (χ1) is 17.6. The van der Waals surface area contributed by atoms with E-state index in [9.17, 15) is 32.3 Å². The fourth-order valence-corrected chi connectivity index (χ4v) is 4.26. The van der Waals surface area contributed by atoms with Gasteiger partial charge in [0.05, 0.1) is 28.2 Å². The smallest absolute Gasteiger partial charge is 0.329 e. The Kier molecular flexibility index (Phi) is 5.92. The lowest BCUT2D eigenvalue weighted by Crippen LogP contribution is -2.39. The van der Waals surface area contributed by atoms with Crippen LogP contribution in [-0.4, -0.2) is 19.1 Å². The molecule has 5 aromatic rings. The Morgan fingerprint density at radius 3 is 2.24 bits per heavy atom. The van der Waals surface area contributed by atoms with Crippen LogP contribution in [0.4, 0.5) is 13.2 Å². The van der Waals surface area contributed by atoms with Gasteiger partial charge in [-0.3, -0.25) is 19.0 Å². The normalized spacial score (nSPS) is 11.2. The first kappa shape index (κ1) is 24.1. The third-order valence-corrected chi connectivity index (χ3v) is 6.04. The summed E-state index contributed by atoms with van der Waals surface area (Å²) in [5.41, 5.74) is -2.11. The molecule has 2 aromatic carbocycles. The predicted octanol–water partition coefficient (Wildman–Crippen LogP) is 3.32. The monoisotopic (exact) mass is 526 g/mol. The second-order valence-corrected chi connectivity index (χ2v) is 8.49. The predicted molar refractivity (Wildman–Crippen MR) is 131 cm³/mol. The Morgan fingerprint density at radius 2 is 1.54 bits per heavy atom. The van der Waals surface area contributed by atoms with Gasteiger partial charge in [-0.15, -0.1) is 0 Å². The van der Waals surface area contributed by atoms with Gasteiger partial charge in [-0.2, -0.15) is 0 Å². The zero-order valence-electron chi connectivity index (χ0n) is 18.5. The molecule has 0 atom stereocenters. The number of nitrogens with one attached hydrogen (secondary N) is 2. The van der Waals surface area contributed by atoms with Gasteiger partial charge in [0, 0.05) is 30.1 Å². The van der Waals surface area contributed by atoms with Crippen LogP contribution in [0.5, 0.6) is 0 Å². The van der Waals surface area contributed by atoms with Crippen molar-refractivity contribution in [1.29, 1.82) is 0 Å². The molecule has 5 rings (SSSR count). The molecule has 0 saturated heterocycles. The van der Waals surface area contributed by atoms with E-state index in [0.29, 0.717) is 11.1 Å². The van der Waals surface area contributed by atoms with E-state index in [0.717, 1.165) is 27.3 Å². The fourth-order valence-electron chi connectivity index (χ4n) is 4.04. The molecule has 3 heterocycles. The van der Waals surface area contributed by atoms with Crippen LogP contribution in [0.3, 0.4) is 0 Å². The zero-order valence-corrected chi connectivity index (χ0v) is 19.3. The number of aromatic nitrogens is 4. The summed E-state index contributed by atoms with van der Waals surface area (Å²) in [6, 6.07) is 9.41. The van der Waals surface area contributed by atoms with Gasteiger partial charge >= 0.3 is 5.69 Å². The van der Waals surface area contributed by atoms with E-state index < -0.39 is 46.4 Å². The Morgan fingerprint density at radius 1 is 0.838 bits per heavy atom. The van der Waals surface area contributed by atoms with Crippen LogP contribution in [0, 0.1) is 17.5 Å². The summed E-state index contributed by atoms with van der Waals surface area (Å²) < 4.78 is 43.2. The third-order valence-electron chi connectivity index (χ3n) is 5.73. The van der Waals surface area contributed by atoms with Crippen molar-refractivity contribution in [2.24, 2.45) is 0 Å². The van der Waals surface area contributed by atoms with Crippen molar-refractivity contribution in [2.45, 2.75) is 6.54 Å². The fraction of sp³-hybridized carbons (Fsp3) is 0.0400.